The number of carbonyl (C=O) groups excluding carboxylic acids is 1. The van der Waals surface area contributed by atoms with Gasteiger partial charge in [-0.1, -0.05) is 12.1 Å². The maximum absolute atomic E-state index is 12.9. The van der Waals surface area contributed by atoms with Crippen LogP contribution in [0.25, 0.3) is 5.65 Å². The Labute approximate surface area is 156 Å². The lowest BCUT2D eigenvalue weighted by Gasteiger charge is -2.32. The fourth-order valence-electron chi connectivity index (χ4n) is 3.41. The van der Waals surface area contributed by atoms with Crippen LogP contribution in [0.15, 0.2) is 42.7 Å². The van der Waals surface area contributed by atoms with Crippen molar-refractivity contribution >= 4 is 17.4 Å². The van der Waals surface area contributed by atoms with Gasteiger partial charge in [0.25, 0.3) is 0 Å². The lowest BCUT2D eigenvalue weighted by molar-refractivity contribution is -0.125. The average molecular weight is 368 g/mol. The lowest BCUT2D eigenvalue weighted by atomic mass is 9.97. The van der Waals surface area contributed by atoms with Crippen LogP contribution in [0.5, 0.6) is 0 Å². The van der Waals surface area contributed by atoms with E-state index in [-0.39, 0.29) is 17.6 Å². The molecular weight excluding hydrogens is 347 g/mol. The maximum Gasteiger partial charge on any atom is 0.224 e. The molecule has 1 N–H and O–H groups in total. The molecule has 0 unspecified atom stereocenters. The van der Waals surface area contributed by atoms with Gasteiger partial charge in [-0.15, -0.1) is 15.3 Å². The van der Waals surface area contributed by atoms with Crippen LogP contribution in [0.4, 0.5) is 10.2 Å². The second-order valence-electron chi connectivity index (χ2n) is 6.78. The van der Waals surface area contributed by atoms with Crippen molar-refractivity contribution in [1.82, 2.24) is 25.1 Å². The summed E-state index contributed by atoms with van der Waals surface area (Å²) in [5.41, 5.74) is 1.71. The second-order valence-corrected chi connectivity index (χ2v) is 6.78. The highest BCUT2D eigenvalue weighted by atomic mass is 19.1. The van der Waals surface area contributed by atoms with Gasteiger partial charge < -0.3 is 10.2 Å². The summed E-state index contributed by atoms with van der Waals surface area (Å²) in [7, 11) is 0. The Morgan fingerprint density at radius 1 is 1.22 bits per heavy atom. The van der Waals surface area contributed by atoms with Crippen molar-refractivity contribution in [2.45, 2.75) is 19.3 Å². The number of piperidine rings is 1. The van der Waals surface area contributed by atoms with Crippen LogP contribution in [0.2, 0.25) is 0 Å². The topological polar surface area (TPSA) is 75.4 Å². The molecule has 4 rings (SSSR count). The maximum atomic E-state index is 12.9. The molecule has 3 heterocycles. The van der Waals surface area contributed by atoms with Crippen molar-refractivity contribution in [3.8, 4) is 0 Å². The molecule has 1 fully saturated rings. The molecule has 1 atom stereocenters. The Balaban J connectivity index is 1.33. The third-order valence-electron chi connectivity index (χ3n) is 4.89. The minimum atomic E-state index is -0.247. The van der Waals surface area contributed by atoms with E-state index in [0.717, 1.165) is 30.8 Å². The Bertz CT molecular complexity index is 925. The number of nitrogens with zero attached hydrogens (tertiary/aromatic N) is 5. The summed E-state index contributed by atoms with van der Waals surface area (Å²) in [6.45, 7) is 2.06. The number of anilines is 1. The molecule has 0 bridgehead atoms. The quantitative estimate of drug-likeness (QED) is 0.744. The molecule has 0 radical (unpaired) electrons. The van der Waals surface area contributed by atoms with Gasteiger partial charge in [0, 0.05) is 19.6 Å². The number of aromatic nitrogens is 4. The number of benzene rings is 1. The molecule has 1 aliphatic rings. The third-order valence-corrected chi connectivity index (χ3v) is 4.89. The Hall–Kier alpha value is -3.03. The van der Waals surface area contributed by atoms with E-state index < -0.39 is 0 Å². The van der Waals surface area contributed by atoms with Gasteiger partial charge in [-0.3, -0.25) is 4.79 Å². The first kappa shape index (κ1) is 17.4. The van der Waals surface area contributed by atoms with E-state index in [0.29, 0.717) is 25.2 Å². The van der Waals surface area contributed by atoms with Crippen LogP contribution in [0.1, 0.15) is 18.4 Å². The Morgan fingerprint density at radius 3 is 2.93 bits per heavy atom. The molecule has 0 spiro atoms. The smallest absolute Gasteiger partial charge is 0.224 e. The fraction of sp³-hybridized carbons (Fsp3) is 0.368. The van der Waals surface area contributed by atoms with Crippen molar-refractivity contribution in [2.75, 3.05) is 24.5 Å². The van der Waals surface area contributed by atoms with E-state index in [9.17, 15) is 9.18 Å². The molecule has 1 amide bonds. The monoisotopic (exact) mass is 368 g/mol. The summed E-state index contributed by atoms with van der Waals surface area (Å²) in [5, 5.41) is 15.3. The number of hydrogen-bond acceptors (Lipinski definition) is 5. The molecule has 1 saturated heterocycles. The summed E-state index contributed by atoms with van der Waals surface area (Å²) >= 11 is 0. The number of rotatable bonds is 5. The van der Waals surface area contributed by atoms with Crippen LogP contribution in [0, 0.1) is 11.7 Å². The predicted octanol–water partition coefficient (Wildman–Crippen LogP) is 1.84. The molecule has 7 nitrogen and oxygen atoms in total. The Morgan fingerprint density at radius 2 is 2.07 bits per heavy atom. The van der Waals surface area contributed by atoms with E-state index in [1.807, 2.05) is 12.1 Å². The van der Waals surface area contributed by atoms with Crippen LogP contribution >= 0.6 is 0 Å². The molecule has 1 aliphatic heterocycles. The number of carbonyl (C=O) groups is 1. The molecule has 8 heteroatoms. The number of hydrogen-bond donors (Lipinski definition) is 1. The lowest BCUT2D eigenvalue weighted by Crippen LogP contribution is -2.43. The summed E-state index contributed by atoms with van der Waals surface area (Å²) in [6, 6.07) is 10.2. The first-order valence-electron chi connectivity index (χ1n) is 9.13. The highest BCUT2D eigenvalue weighted by molar-refractivity contribution is 5.79. The van der Waals surface area contributed by atoms with Gasteiger partial charge in [-0.25, -0.2) is 4.39 Å². The summed E-state index contributed by atoms with van der Waals surface area (Å²) in [5.74, 6) is 0.576. The summed E-state index contributed by atoms with van der Waals surface area (Å²) < 4.78 is 14.6. The molecule has 27 heavy (non-hydrogen) atoms. The zero-order valence-corrected chi connectivity index (χ0v) is 14.9. The largest absolute Gasteiger partial charge is 0.355 e. The average Bonchev–Trinajstić information content (AvgIpc) is 3.17. The van der Waals surface area contributed by atoms with Crippen LogP contribution < -0.4 is 10.2 Å². The normalized spacial score (nSPS) is 17.2. The Kier molecular flexibility index (Phi) is 4.95. The zero-order chi connectivity index (χ0) is 18.6. The highest BCUT2D eigenvalue weighted by Crippen LogP contribution is 2.22. The van der Waals surface area contributed by atoms with Gasteiger partial charge in [-0.2, -0.15) is 4.52 Å². The number of nitrogens with one attached hydrogen (secondary N) is 1. The fourth-order valence-corrected chi connectivity index (χ4v) is 3.41. The van der Waals surface area contributed by atoms with Gasteiger partial charge in [0.15, 0.2) is 5.65 Å². The van der Waals surface area contributed by atoms with Gasteiger partial charge in [0.2, 0.25) is 5.91 Å². The molecule has 1 aromatic carbocycles. The number of fused-ring (bicyclic) bond motifs is 1. The first-order valence-corrected chi connectivity index (χ1v) is 9.13. The molecule has 0 aliphatic carbocycles. The highest BCUT2D eigenvalue weighted by Gasteiger charge is 2.26. The molecule has 140 valence electrons. The first-order chi connectivity index (χ1) is 13.2. The zero-order valence-electron chi connectivity index (χ0n) is 14.9. The molecular formula is C19H21FN6O. The van der Waals surface area contributed by atoms with E-state index in [1.165, 1.54) is 12.1 Å². The number of amides is 1. The van der Waals surface area contributed by atoms with E-state index in [2.05, 4.69) is 25.5 Å². The van der Waals surface area contributed by atoms with Gasteiger partial charge >= 0.3 is 0 Å². The van der Waals surface area contributed by atoms with E-state index >= 15 is 0 Å². The van der Waals surface area contributed by atoms with Gasteiger partial charge in [0.05, 0.1) is 5.92 Å². The molecule has 3 aromatic rings. The summed E-state index contributed by atoms with van der Waals surface area (Å²) in [6.07, 6.45) is 4.07. The third kappa shape index (κ3) is 4.05. The van der Waals surface area contributed by atoms with Crippen LogP contribution in [-0.4, -0.2) is 45.4 Å². The van der Waals surface area contributed by atoms with E-state index in [4.69, 9.17) is 0 Å². The van der Waals surface area contributed by atoms with Crippen molar-refractivity contribution in [2.24, 2.45) is 5.92 Å². The van der Waals surface area contributed by atoms with Crippen molar-refractivity contribution in [1.29, 1.82) is 0 Å². The van der Waals surface area contributed by atoms with Gasteiger partial charge in [0.1, 0.15) is 18.0 Å². The van der Waals surface area contributed by atoms with Crippen molar-refractivity contribution < 1.29 is 9.18 Å². The van der Waals surface area contributed by atoms with Crippen molar-refractivity contribution in [3.05, 3.63) is 54.1 Å². The van der Waals surface area contributed by atoms with Crippen LogP contribution in [-0.2, 0) is 11.2 Å². The number of halogens is 1. The standard InChI is InChI=1S/C19H21FN6O/c20-16-5-3-14(4-6-16)9-10-21-19(27)15-2-1-11-25(12-15)18-8-7-17-23-22-13-26(17)24-18/h3-8,13,15H,1-2,9-12H2,(H,21,27)/t15-/m1/s1. The molecule has 2 aromatic heterocycles. The SMILES string of the molecule is O=C(NCCc1ccc(F)cc1)[C@@H]1CCCN(c2ccc3nncn3n2)C1. The van der Waals surface area contributed by atoms with Crippen LogP contribution in [0.3, 0.4) is 0 Å². The minimum absolute atomic E-state index is 0.0622. The van der Waals surface area contributed by atoms with E-state index in [1.54, 1.807) is 23.0 Å². The summed E-state index contributed by atoms with van der Waals surface area (Å²) in [4.78, 5) is 14.7. The van der Waals surface area contributed by atoms with Crippen molar-refractivity contribution in [3.63, 3.8) is 0 Å². The molecule has 0 saturated carbocycles. The second kappa shape index (κ2) is 7.69. The van der Waals surface area contributed by atoms with Gasteiger partial charge in [-0.05, 0) is 49.1 Å². The minimum Gasteiger partial charge on any atom is -0.355 e. The predicted molar refractivity (Wildman–Crippen MR) is 98.8 cm³/mol.